The van der Waals surface area contributed by atoms with Crippen LogP contribution in [-0.4, -0.2) is 16.5 Å². The molecule has 1 aliphatic rings. The van der Waals surface area contributed by atoms with Crippen LogP contribution in [0.2, 0.25) is 0 Å². The summed E-state index contributed by atoms with van der Waals surface area (Å²) in [5.41, 5.74) is 0.854. The van der Waals surface area contributed by atoms with Crippen molar-refractivity contribution in [3.05, 3.63) is 45.6 Å². The molecular formula is C19H20N2O2S. The number of fused-ring (bicyclic) bond motifs is 3. The van der Waals surface area contributed by atoms with Crippen LogP contribution >= 0.6 is 11.3 Å². The van der Waals surface area contributed by atoms with Crippen LogP contribution in [0.1, 0.15) is 41.8 Å². The van der Waals surface area contributed by atoms with Gasteiger partial charge >= 0.3 is 0 Å². The number of benzene rings is 1. The van der Waals surface area contributed by atoms with Gasteiger partial charge in [-0.25, -0.2) is 0 Å². The summed E-state index contributed by atoms with van der Waals surface area (Å²) in [4.78, 5) is 25.8. The summed E-state index contributed by atoms with van der Waals surface area (Å²) < 4.78 is 2.57. The molecule has 0 bridgehead atoms. The highest BCUT2D eigenvalue weighted by Crippen LogP contribution is 2.30. The highest BCUT2D eigenvalue weighted by atomic mass is 32.1. The van der Waals surface area contributed by atoms with E-state index in [1.54, 1.807) is 17.7 Å². The van der Waals surface area contributed by atoms with E-state index in [0.29, 0.717) is 10.3 Å². The number of carbonyl (C=O) groups is 1. The van der Waals surface area contributed by atoms with E-state index in [1.807, 2.05) is 24.3 Å². The van der Waals surface area contributed by atoms with E-state index in [2.05, 4.69) is 5.32 Å². The lowest BCUT2D eigenvalue weighted by Crippen LogP contribution is -2.35. The zero-order valence-corrected chi connectivity index (χ0v) is 14.5. The molecule has 5 heteroatoms. The van der Waals surface area contributed by atoms with Gasteiger partial charge in [-0.1, -0.05) is 37.5 Å². The van der Waals surface area contributed by atoms with Gasteiger partial charge in [0.2, 0.25) is 0 Å². The predicted molar refractivity (Wildman–Crippen MR) is 98.9 cm³/mol. The van der Waals surface area contributed by atoms with Crippen LogP contribution in [0.3, 0.4) is 0 Å². The van der Waals surface area contributed by atoms with Crippen LogP contribution in [0.15, 0.2) is 35.1 Å². The van der Waals surface area contributed by atoms with Crippen molar-refractivity contribution in [2.45, 2.75) is 38.1 Å². The molecule has 3 aromatic rings. The van der Waals surface area contributed by atoms with E-state index < -0.39 is 0 Å². The van der Waals surface area contributed by atoms with Gasteiger partial charge in [0.05, 0.1) is 15.8 Å². The molecule has 2 heterocycles. The first-order valence-corrected chi connectivity index (χ1v) is 9.29. The molecule has 124 valence electrons. The van der Waals surface area contributed by atoms with Gasteiger partial charge in [-0.3, -0.25) is 9.59 Å². The molecular weight excluding hydrogens is 320 g/mol. The number of para-hydroxylation sites is 1. The average Bonchev–Trinajstić information content (AvgIpc) is 3.06. The third-order valence-electron chi connectivity index (χ3n) is 4.94. The van der Waals surface area contributed by atoms with Crippen LogP contribution < -0.4 is 10.9 Å². The van der Waals surface area contributed by atoms with E-state index in [-0.39, 0.29) is 17.5 Å². The number of amides is 1. The molecule has 1 N–H and O–H groups in total. The quantitative estimate of drug-likeness (QED) is 0.771. The highest BCUT2D eigenvalue weighted by Gasteiger charge is 2.20. The summed E-state index contributed by atoms with van der Waals surface area (Å²) in [6.07, 6.45) is 5.74. The molecule has 4 rings (SSSR count). The molecule has 0 spiro atoms. The maximum absolute atomic E-state index is 12.6. The van der Waals surface area contributed by atoms with E-state index >= 15 is 0 Å². The minimum absolute atomic E-state index is 0.0448. The van der Waals surface area contributed by atoms with E-state index in [9.17, 15) is 9.59 Å². The fraction of sp³-hybridized carbons (Fsp3) is 0.368. The van der Waals surface area contributed by atoms with Gasteiger partial charge in [0, 0.05) is 23.2 Å². The van der Waals surface area contributed by atoms with Crippen molar-refractivity contribution in [3.8, 4) is 0 Å². The Hall–Kier alpha value is -2.14. The minimum Gasteiger partial charge on any atom is -0.349 e. The van der Waals surface area contributed by atoms with Gasteiger partial charge < -0.3 is 9.88 Å². The molecule has 1 saturated carbocycles. The van der Waals surface area contributed by atoms with Crippen molar-refractivity contribution >= 4 is 38.2 Å². The molecule has 1 aliphatic carbocycles. The Morgan fingerprint density at radius 3 is 2.71 bits per heavy atom. The number of aromatic nitrogens is 1. The van der Waals surface area contributed by atoms with Gasteiger partial charge in [-0.05, 0) is 25.0 Å². The normalized spacial score (nSPS) is 15.9. The molecule has 24 heavy (non-hydrogen) atoms. The number of nitrogens with one attached hydrogen (secondary N) is 1. The average molecular weight is 340 g/mol. The Morgan fingerprint density at radius 1 is 1.17 bits per heavy atom. The summed E-state index contributed by atoms with van der Waals surface area (Å²) in [7, 11) is 1.78. The number of aryl methyl sites for hydroxylation is 1. The van der Waals surface area contributed by atoms with Gasteiger partial charge in [0.1, 0.15) is 0 Å². The van der Waals surface area contributed by atoms with Crippen molar-refractivity contribution in [2.75, 3.05) is 0 Å². The number of carbonyl (C=O) groups excluding carboxylic acids is 1. The van der Waals surface area contributed by atoms with Crippen LogP contribution in [0.5, 0.6) is 0 Å². The van der Waals surface area contributed by atoms with Gasteiger partial charge in [-0.2, -0.15) is 0 Å². The summed E-state index contributed by atoms with van der Waals surface area (Å²) in [6.45, 7) is 0. The molecule has 0 aliphatic heterocycles. The molecule has 0 atom stereocenters. The van der Waals surface area contributed by atoms with Gasteiger partial charge in [-0.15, -0.1) is 11.3 Å². The predicted octanol–water partition coefficient (Wildman–Crippen LogP) is 3.82. The molecule has 0 radical (unpaired) electrons. The third kappa shape index (κ3) is 2.53. The first-order chi connectivity index (χ1) is 11.6. The lowest BCUT2D eigenvalue weighted by Gasteiger charge is -2.22. The van der Waals surface area contributed by atoms with Crippen LogP contribution in [-0.2, 0) is 7.05 Å². The van der Waals surface area contributed by atoms with Gasteiger partial charge in [0.25, 0.3) is 11.5 Å². The molecule has 1 aromatic carbocycles. The van der Waals surface area contributed by atoms with Gasteiger partial charge in [0.15, 0.2) is 0 Å². The van der Waals surface area contributed by atoms with E-state index in [1.165, 1.54) is 30.6 Å². The molecule has 0 unspecified atom stereocenters. The summed E-state index contributed by atoms with van der Waals surface area (Å²) >= 11 is 1.42. The SMILES string of the molecule is Cn1c(=O)c2cc(C(=O)NC3CCCCC3)sc2c2ccccc21. The third-order valence-corrected chi connectivity index (χ3v) is 6.11. The zero-order valence-electron chi connectivity index (χ0n) is 13.7. The molecule has 4 nitrogen and oxygen atoms in total. The smallest absolute Gasteiger partial charge is 0.261 e. The van der Waals surface area contributed by atoms with Crippen molar-refractivity contribution in [3.63, 3.8) is 0 Å². The van der Waals surface area contributed by atoms with Crippen molar-refractivity contribution < 1.29 is 4.79 Å². The second kappa shape index (κ2) is 6.06. The largest absolute Gasteiger partial charge is 0.349 e. The molecule has 1 fully saturated rings. The standard InChI is InChI=1S/C19H20N2O2S/c1-21-15-10-6-5-9-13(15)17-14(19(21)23)11-16(24-17)18(22)20-12-7-3-2-4-8-12/h5-6,9-12H,2-4,7-8H2,1H3,(H,20,22). The number of nitrogens with zero attached hydrogens (tertiary/aromatic N) is 1. The maximum atomic E-state index is 12.6. The number of hydrogen-bond acceptors (Lipinski definition) is 3. The Labute approximate surface area is 144 Å². The molecule has 1 amide bonds. The summed E-state index contributed by atoms with van der Waals surface area (Å²) in [6, 6.07) is 9.88. The Bertz CT molecular complexity index is 980. The van der Waals surface area contributed by atoms with Crippen LogP contribution in [0, 0.1) is 0 Å². The number of hydrogen-bond donors (Lipinski definition) is 1. The van der Waals surface area contributed by atoms with E-state index in [0.717, 1.165) is 28.4 Å². The maximum Gasteiger partial charge on any atom is 0.261 e. The lowest BCUT2D eigenvalue weighted by molar-refractivity contribution is 0.0932. The van der Waals surface area contributed by atoms with Crippen LogP contribution in [0.4, 0.5) is 0 Å². The second-order valence-corrected chi connectivity index (χ2v) is 7.60. The fourth-order valence-electron chi connectivity index (χ4n) is 3.61. The lowest BCUT2D eigenvalue weighted by atomic mass is 9.95. The molecule has 0 saturated heterocycles. The second-order valence-electron chi connectivity index (χ2n) is 6.54. The minimum atomic E-state index is -0.0470. The first kappa shape index (κ1) is 15.4. The Balaban J connectivity index is 1.78. The van der Waals surface area contributed by atoms with Crippen LogP contribution in [0.25, 0.3) is 21.0 Å². The highest BCUT2D eigenvalue weighted by molar-refractivity contribution is 7.21. The Kier molecular flexibility index (Phi) is 3.88. The monoisotopic (exact) mass is 340 g/mol. The fourth-order valence-corrected chi connectivity index (χ4v) is 4.70. The van der Waals surface area contributed by atoms with E-state index in [4.69, 9.17) is 0 Å². The zero-order chi connectivity index (χ0) is 16.7. The number of thiophene rings is 1. The van der Waals surface area contributed by atoms with Crippen molar-refractivity contribution in [1.29, 1.82) is 0 Å². The van der Waals surface area contributed by atoms with Crippen molar-refractivity contribution in [1.82, 2.24) is 9.88 Å². The van der Waals surface area contributed by atoms with Crippen molar-refractivity contribution in [2.24, 2.45) is 7.05 Å². The molecule has 2 aromatic heterocycles. The number of rotatable bonds is 2. The first-order valence-electron chi connectivity index (χ1n) is 8.47. The number of pyridine rings is 1. The summed E-state index contributed by atoms with van der Waals surface area (Å²) in [5, 5.41) is 4.80. The topological polar surface area (TPSA) is 51.1 Å². The Morgan fingerprint density at radius 2 is 1.92 bits per heavy atom. The summed E-state index contributed by atoms with van der Waals surface area (Å²) in [5.74, 6) is -0.0470.